The highest BCUT2D eigenvalue weighted by atomic mass is 35.5. The average Bonchev–Trinajstić information content (AvgIpc) is 3.04. The zero-order chi connectivity index (χ0) is 34.9. The van der Waals surface area contributed by atoms with Crippen molar-refractivity contribution in [1.29, 1.82) is 0 Å². The minimum absolute atomic E-state index is 0.0430. The Balaban J connectivity index is 1.52. The first-order chi connectivity index (χ1) is 22.7. The van der Waals surface area contributed by atoms with Gasteiger partial charge in [0, 0.05) is 12.1 Å². The van der Waals surface area contributed by atoms with Gasteiger partial charge in [-0.25, -0.2) is 0 Å². The number of nitrogens with one attached hydrogen (secondary N) is 2. The van der Waals surface area contributed by atoms with E-state index in [4.69, 9.17) is 16.2 Å². The second-order valence-electron chi connectivity index (χ2n) is 13.2. The van der Waals surface area contributed by atoms with Crippen LogP contribution < -0.4 is 10.6 Å². The molecule has 7 nitrogen and oxygen atoms in total. The molecule has 0 spiro atoms. The van der Waals surface area contributed by atoms with E-state index in [1.165, 1.54) is 24.8 Å². The Morgan fingerprint density at radius 1 is 0.833 bits per heavy atom. The van der Waals surface area contributed by atoms with Gasteiger partial charge < -0.3 is 10.6 Å². The van der Waals surface area contributed by atoms with Gasteiger partial charge in [-0.15, -0.1) is 0 Å². The Morgan fingerprint density at radius 2 is 1.46 bits per heavy atom. The summed E-state index contributed by atoms with van der Waals surface area (Å²) in [5.74, 6) is -1.79. The third-order valence-corrected chi connectivity index (χ3v) is 9.41. The Morgan fingerprint density at radius 3 is 2.04 bits per heavy atom. The van der Waals surface area contributed by atoms with Crippen molar-refractivity contribution < 1.29 is 22.6 Å². The minimum Gasteiger partial charge on any atom is -0.351 e. The van der Waals surface area contributed by atoms with Crippen LogP contribution in [0.2, 0.25) is 5.02 Å². The maximum Gasteiger partial charge on any atom is 0.266 e. The zero-order valence-electron chi connectivity index (χ0n) is 28.1. The maximum atomic E-state index is 13.9. The Kier molecular flexibility index (Phi) is 12.6. The molecule has 1 atom stereocenters. The van der Waals surface area contributed by atoms with Crippen molar-refractivity contribution in [3.05, 3.63) is 124 Å². The molecular weight excluding hydrogens is 644 g/mol. The summed E-state index contributed by atoms with van der Waals surface area (Å²) in [6.45, 7) is 8.41. The maximum absolute atomic E-state index is 13.9. The third-order valence-electron chi connectivity index (χ3n) is 8.38. The van der Waals surface area contributed by atoms with E-state index in [1.54, 1.807) is 24.3 Å². The molecule has 4 aromatic carbocycles. The standard InChI is InChI=1S/C39H45ClN2O5S/c1-5-6-7-8-27-9-13-29(14-10-27)32-19-22-36(35(40)26-32)42-38(44)34(30-17-20-33(21-18-30)39(2,3)4)25-28-11-15-31(16-12-28)37(43)41-23-24-48(45,46)47/h9-22,26,34H,5-8,23-25H2,1-4H3,(H,41,43)(H,42,44)(H,45,46,47). The lowest BCUT2D eigenvalue weighted by Crippen LogP contribution is -2.28. The van der Waals surface area contributed by atoms with Gasteiger partial charge in [0.2, 0.25) is 5.91 Å². The number of aryl methyl sites for hydroxylation is 1. The number of halogens is 1. The van der Waals surface area contributed by atoms with Crippen LogP contribution in [0.5, 0.6) is 0 Å². The van der Waals surface area contributed by atoms with Gasteiger partial charge in [-0.3, -0.25) is 14.1 Å². The number of unbranched alkanes of at least 4 members (excludes halogenated alkanes) is 2. The molecule has 1 unspecified atom stereocenters. The molecule has 0 heterocycles. The summed E-state index contributed by atoms with van der Waals surface area (Å²) in [6, 6.07) is 29.1. The molecule has 3 N–H and O–H groups in total. The molecule has 0 aliphatic heterocycles. The van der Waals surface area contributed by atoms with E-state index in [-0.39, 0.29) is 17.9 Å². The van der Waals surface area contributed by atoms with Crippen LogP contribution in [0.1, 0.15) is 85.5 Å². The predicted molar refractivity (Wildman–Crippen MR) is 196 cm³/mol. The Bertz CT molecular complexity index is 1800. The quantitative estimate of drug-likeness (QED) is 0.0907. The van der Waals surface area contributed by atoms with Crippen molar-refractivity contribution in [3.8, 4) is 11.1 Å². The van der Waals surface area contributed by atoms with Crippen LogP contribution in [0.4, 0.5) is 5.69 Å². The Hall–Kier alpha value is -3.98. The molecule has 0 aliphatic rings. The average molecular weight is 689 g/mol. The van der Waals surface area contributed by atoms with E-state index < -0.39 is 27.7 Å². The van der Waals surface area contributed by atoms with Gasteiger partial charge in [0.25, 0.3) is 16.0 Å². The number of benzene rings is 4. The summed E-state index contributed by atoms with van der Waals surface area (Å²) in [6.07, 6.45) is 5.04. The van der Waals surface area contributed by atoms with Gasteiger partial charge in [-0.1, -0.05) is 119 Å². The number of hydrogen-bond acceptors (Lipinski definition) is 4. The Labute approximate surface area is 289 Å². The lowest BCUT2D eigenvalue weighted by molar-refractivity contribution is -0.117. The lowest BCUT2D eigenvalue weighted by atomic mass is 9.84. The van der Waals surface area contributed by atoms with Crippen LogP contribution in [0.15, 0.2) is 91.0 Å². The number of carbonyl (C=O) groups excluding carboxylic acids is 2. The number of amides is 2. The highest BCUT2D eigenvalue weighted by Gasteiger charge is 2.24. The van der Waals surface area contributed by atoms with Crippen LogP contribution in [-0.4, -0.2) is 37.1 Å². The van der Waals surface area contributed by atoms with E-state index >= 15 is 0 Å². The van der Waals surface area contributed by atoms with E-state index in [2.05, 4.69) is 62.6 Å². The number of anilines is 1. The number of hydrogen-bond donors (Lipinski definition) is 3. The highest BCUT2D eigenvalue weighted by Crippen LogP contribution is 2.32. The van der Waals surface area contributed by atoms with Crippen molar-refractivity contribution in [2.75, 3.05) is 17.6 Å². The van der Waals surface area contributed by atoms with Gasteiger partial charge in [0.1, 0.15) is 0 Å². The lowest BCUT2D eigenvalue weighted by Gasteiger charge is -2.22. The molecule has 0 radical (unpaired) electrons. The minimum atomic E-state index is -4.17. The summed E-state index contributed by atoms with van der Waals surface area (Å²) in [5, 5.41) is 5.98. The molecule has 0 aliphatic carbocycles. The molecule has 9 heteroatoms. The SMILES string of the molecule is CCCCCc1ccc(-c2ccc(NC(=O)C(Cc3ccc(C(=O)NCCS(=O)(=O)O)cc3)c3ccc(C(C)(C)C)cc3)c(Cl)c2)cc1. The van der Waals surface area contributed by atoms with Crippen molar-refractivity contribution in [2.24, 2.45) is 0 Å². The molecule has 2 amide bonds. The first-order valence-corrected chi connectivity index (χ1v) is 18.3. The van der Waals surface area contributed by atoms with Crippen LogP contribution in [-0.2, 0) is 33.2 Å². The van der Waals surface area contributed by atoms with E-state index in [0.29, 0.717) is 22.7 Å². The molecule has 0 saturated heterocycles. The molecule has 0 aromatic heterocycles. The third kappa shape index (κ3) is 10.8. The topological polar surface area (TPSA) is 113 Å². The van der Waals surface area contributed by atoms with Crippen LogP contribution in [0.25, 0.3) is 11.1 Å². The van der Waals surface area contributed by atoms with Crippen LogP contribution >= 0.6 is 11.6 Å². The van der Waals surface area contributed by atoms with Gasteiger partial charge >= 0.3 is 0 Å². The van der Waals surface area contributed by atoms with Crippen LogP contribution in [0, 0.1) is 0 Å². The van der Waals surface area contributed by atoms with E-state index in [9.17, 15) is 18.0 Å². The second kappa shape index (κ2) is 16.4. The second-order valence-corrected chi connectivity index (χ2v) is 15.2. The zero-order valence-corrected chi connectivity index (χ0v) is 29.6. The van der Waals surface area contributed by atoms with Crippen molar-refractivity contribution in [3.63, 3.8) is 0 Å². The molecule has 4 rings (SSSR count). The first-order valence-electron chi connectivity index (χ1n) is 16.4. The monoisotopic (exact) mass is 688 g/mol. The first kappa shape index (κ1) is 36.8. The summed E-state index contributed by atoms with van der Waals surface area (Å²) in [4.78, 5) is 26.4. The molecule has 4 aromatic rings. The summed E-state index contributed by atoms with van der Waals surface area (Å²) in [7, 11) is -4.17. The number of rotatable bonds is 14. The van der Waals surface area contributed by atoms with E-state index in [1.807, 2.05) is 42.5 Å². The molecule has 0 fully saturated rings. The van der Waals surface area contributed by atoms with Gasteiger partial charge in [-0.05, 0) is 82.3 Å². The predicted octanol–water partition coefficient (Wildman–Crippen LogP) is 8.62. The molecular formula is C39H45ClN2O5S. The molecule has 0 bridgehead atoms. The smallest absolute Gasteiger partial charge is 0.266 e. The van der Waals surface area contributed by atoms with Crippen molar-refractivity contribution >= 4 is 39.2 Å². The molecule has 0 saturated carbocycles. The number of carbonyl (C=O) groups is 2. The normalized spacial score (nSPS) is 12.4. The highest BCUT2D eigenvalue weighted by molar-refractivity contribution is 7.85. The van der Waals surface area contributed by atoms with Gasteiger partial charge in [-0.2, -0.15) is 8.42 Å². The van der Waals surface area contributed by atoms with Crippen LogP contribution in [0.3, 0.4) is 0 Å². The van der Waals surface area contributed by atoms with Crippen molar-refractivity contribution in [1.82, 2.24) is 5.32 Å². The largest absolute Gasteiger partial charge is 0.351 e. The summed E-state index contributed by atoms with van der Waals surface area (Å²) in [5.41, 5.74) is 7.00. The fourth-order valence-corrected chi connectivity index (χ4v) is 6.05. The molecule has 254 valence electrons. The summed E-state index contributed by atoms with van der Waals surface area (Å²) < 4.78 is 30.8. The fraction of sp³-hybridized carbons (Fsp3) is 0.333. The van der Waals surface area contributed by atoms with E-state index in [0.717, 1.165) is 34.2 Å². The van der Waals surface area contributed by atoms with Gasteiger partial charge in [0.15, 0.2) is 0 Å². The van der Waals surface area contributed by atoms with Gasteiger partial charge in [0.05, 0.1) is 22.4 Å². The van der Waals surface area contributed by atoms with Crippen molar-refractivity contribution in [2.45, 2.75) is 71.1 Å². The fourth-order valence-electron chi connectivity index (χ4n) is 5.46. The molecule has 48 heavy (non-hydrogen) atoms. The summed E-state index contributed by atoms with van der Waals surface area (Å²) >= 11 is 6.73.